The number of rotatable bonds is 6. The van der Waals surface area contributed by atoms with Crippen LogP contribution >= 0.6 is 34.9 Å². The Bertz CT molecular complexity index is 562. The predicted octanol–water partition coefficient (Wildman–Crippen LogP) is 3.30. The van der Waals surface area contributed by atoms with Crippen molar-refractivity contribution in [2.24, 2.45) is 0 Å². The molecule has 0 atom stereocenters. The Kier molecular flexibility index (Phi) is 5.51. The lowest BCUT2D eigenvalue weighted by atomic mass is 10.2. The van der Waals surface area contributed by atoms with Gasteiger partial charge in [0.2, 0.25) is 0 Å². The molecule has 4 nitrogen and oxygen atoms in total. The Morgan fingerprint density at radius 1 is 1.26 bits per heavy atom. The van der Waals surface area contributed by atoms with Crippen molar-refractivity contribution >= 4 is 34.9 Å². The highest BCUT2D eigenvalue weighted by molar-refractivity contribution is 8.02. The van der Waals surface area contributed by atoms with E-state index in [4.69, 9.17) is 10.00 Å². The van der Waals surface area contributed by atoms with E-state index in [0.29, 0.717) is 12.2 Å². The van der Waals surface area contributed by atoms with Crippen LogP contribution in [0.2, 0.25) is 0 Å². The van der Waals surface area contributed by atoms with Gasteiger partial charge in [-0.2, -0.15) is 5.26 Å². The van der Waals surface area contributed by atoms with Gasteiger partial charge in [-0.1, -0.05) is 34.9 Å². The van der Waals surface area contributed by atoms with E-state index in [2.05, 4.69) is 16.3 Å². The molecule has 2 aromatic rings. The minimum absolute atomic E-state index is 0.602. The van der Waals surface area contributed by atoms with Crippen LogP contribution in [0.3, 0.4) is 0 Å². The summed E-state index contributed by atoms with van der Waals surface area (Å²) in [5.41, 5.74) is 0.639. The van der Waals surface area contributed by atoms with Crippen LogP contribution < -0.4 is 4.74 Å². The predicted molar refractivity (Wildman–Crippen MR) is 79.1 cm³/mol. The van der Waals surface area contributed by atoms with E-state index in [1.165, 1.54) is 0 Å². The zero-order valence-corrected chi connectivity index (χ0v) is 12.6. The Morgan fingerprint density at radius 3 is 2.63 bits per heavy atom. The Labute approximate surface area is 124 Å². The zero-order valence-electron chi connectivity index (χ0n) is 10.2. The van der Waals surface area contributed by atoms with Gasteiger partial charge in [0.25, 0.3) is 0 Å². The summed E-state index contributed by atoms with van der Waals surface area (Å²) >= 11 is 4.84. The largest absolute Gasteiger partial charge is 0.493 e. The second-order valence-corrected chi connectivity index (χ2v) is 6.74. The number of hydrogen-bond acceptors (Lipinski definition) is 7. The number of hydrogen-bond donors (Lipinski definition) is 0. The maximum Gasteiger partial charge on any atom is 0.175 e. The molecule has 0 saturated carbocycles. The standard InChI is InChI=1S/C12H11N3OS3/c1-17-11-14-15-12(19-11)18-7-6-16-10-4-2-9(8-13)3-5-10/h2-5H,6-7H2,1H3. The molecule has 0 amide bonds. The minimum atomic E-state index is 0.602. The highest BCUT2D eigenvalue weighted by atomic mass is 32.2. The number of aromatic nitrogens is 2. The second kappa shape index (κ2) is 7.38. The van der Waals surface area contributed by atoms with Crippen molar-refractivity contribution in [1.82, 2.24) is 10.2 Å². The molecule has 19 heavy (non-hydrogen) atoms. The number of ether oxygens (including phenoxy) is 1. The molecule has 0 unspecified atom stereocenters. The number of thioether (sulfide) groups is 2. The van der Waals surface area contributed by atoms with Gasteiger partial charge in [0.15, 0.2) is 8.68 Å². The number of benzene rings is 1. The number of nitrogens with zero attached hydrogens (tertiary/aromatic N) is 3. The second-order valence-electron chi connectivity index (χ2n) is 3.37. The maximum absolute atomic E-state index is 8.68. The van der Waals surface area contributed by atoms with Gasteiger partial charge in [-0.15, -0.1) is 10.2 Å². The molecule has 7 heteroatoms. The topological polar surface area (TPSA) is 58.8 Å². The lowest BCUT2D eigenvalue weighted by Crippen LogP contribution is -1.99. The fourth-order valence-corrected chi connectivity index (χ4v) is 3.58. The van der Waals surface area contributed by atoms with Gasteiger partial charge in [0.05, 0.1) is 18.2 Å². The van der Waals surface area contributed by atoms with E-state index in [0.717, 1.165) is 20.2 Å². The first-order chi connectivity index (χ1) is 9.31. The molecule has 0 N–H and O–H groups in total. The molecule has 0 saturated heterocycles. The average Bonchev–Trinajstić information content (AvgIpc) is 2.92. The van der Waals surface area contributed by atoms with E-state index in [9.17, 15) is 0 Å². The third kappa shape index (κ3) is 4.42. The van der Waals surface area contributed by atoms with Crippen LogP contribution in [0.4, 0.5) is 0 Å². The molecule has 0 aliphatic rings. The van der Waals surface area contributed by atoms with Gasteiger partial charge in [0.1, 0.15) is 5.75 Å². The van der Waals surface area contributed by atoms with Crippen molar-refractivity contribution in [3.05, 3.63) is 29.8 Å². The van der Waals surface area contributed by atoms with Crippen LogP contribution in [0.15, 0.2) is 32.9 Å². The lowest BCUT2D eigenvalue weighted by molar-refractivity contribution is 0.344. The van der Waals surface area contributed by atoms with Crippen LogP contribution in [0, 0.1) is 11.3 Å². The third-order valence-electron chi connectivity index (χ3n) is 2.12. The molecule has 1 heterocycles. The van der Waals surface area contributed by atoms with E-state index in [1.807, 2.05) is 6.26 Å². The molecule has 0 aliphatic heterocycles. The van der Waals surface area contributed by atoms with Crippen molar-refractivity contribution in [3.63, 3.8) is 0 Å². The summed E-state index contributed by atoms with van der Waals surface area (Å²) in [5.74, 6) is 1.60. The van der Waals surface area contributed by atoms with Crippen LogP contribution in [0.25, 0.3) is 0 Å². The summed E-state index contributed by atoms with van der Waals surface area (Å²) in [4.78, 5) is 0. The molecule has 0 fully saturated rings. The van der Waals surface area contributed by atoms with Gasteiger partial charge in [-0.25, -0.2) is 0 Å². The van der Waals surface area contributed by atoms with Crippen LogP contribution in [0.5, 0.6) is 5.75 Å². The van der Waals surface area contributed by atoms with E-state index >= 15 is 0 Å². The van der Waals surface area contributed by atoms with Crippen molar-refractivity contribution in [3.8, 4) is 11.8 Å². The zero-order chi connectivity index (χ0) is 13.5. The van der Waals surface area contributed by atoms with Crippen molar-refractivity contribution < 1.29 is 4.74 Å². The first-order valence-corrected chi connectivity index (χ1v) is 8.48. The molecule has 0 bridgehead atoms. The fraction of sp³-hybridized carbons (Fsp3) is 0.250. The van der Waals surface area contributed by atoms with E-state index < -0.39 is 0 Å². The van der Waals surface area contributed by atoms with Crippen molar-refractivity contribution in [1.29, 1.82) is 5.26 Å². The van der Waals surface area contributed by atoms with Crippen LogP contribution in [-0.2, 0) is 0 Å². The van der Waals surface area contributed by atoms with Crippen LogP contribution in [-0.4, -0.2) is 28.8 Å². The van der Waals surface area contributed by atoms with Crippen LogP contribution in [0.1, 0.15) is 5.56 Å². The van der Waals surface area contributed by atoms with E-state index in [-0.39, 0.29) is 0 Å². The smallest absolute Gasteiger partial charge is 0.175 e. The third-order valence-corrected chi connectivity index (χ3v) is 5.12. The fourth-order valence-electron chi connectivity index (χ4n) is 1.25. The van der Waals surface area contributed by atoms with Gasteiger partial charge < -0.3 is 4.74 Å². The monoisotopic (exact) mass is 309 g/mol. The highest BCUT2D eigenvalue weighted by Gasteiger charge is 2.03. The van der Waals surface area contributed by atoms with Crippen molar-refractivity contribution in [2.75, 3.05) is 18.6 Å². The summed E-state index contributed by atoms with van der Waals surface area (Å²) in [6.45, 7) is 0.602. The van der Waals surface area contributed by atoms with E-state index in [1.54, 1.807) is 59.1 Å². The van der Waals surface area contributed by atoms with Gasteiger partial charge >= 0.3 is 0 Å². The van der Waals surface area contributed by atoms with Gasteiger partial charge in [-0.3, -0.25) is 0 Å². The summed E-state index contributed by atoms with van der Waals surface area (Å²) in [6.07, 6.45) is 1.99. The number of nitriles is 1. The molecule has 2 rings (SSSR count). The molecular formula is C12H11N3OS3. The first kappa shape index (κ1) is 14.2. The molecule has 0 aliphatic carbocycles. The average molecular weight is 309 g/mol. The molecule has 98 valence electrons. The summed E-state index contributed by atoms with van der Waals surface area (Å²) in [7, 11) is 0. The first-order valence-electron chi connectivity index (χ1n) is 5.45. The quantitative estimate of drug-likeness (QED) is 0.603. The summed E-state index contributed by atoms with van der Waals surface area (Å²) in [5, 5.41) is 16.8. The summed E-state index contributed by atoms with van der Waals surface area (Å²) in [6, 6.07) is 9.18. The van der Waals surface area contributed by atoms with Gasteiger partial charge in [0, 0.05) is 5.75 Å². The SMILES string of the molecule is CSc1nnc(SCCOc2ccc(C#N)cc2)s1. The molecular weight excluding hydrogens is 298 g/mol. The lowest BCUT2D eigenvalue weighted by Gasteiger charge is -2.04. The highest BCUT2D eigenvalue weighted by Crippen LogP contribution is 2.27. The normalized spacial score (nSPS) is 10.1. The molecule has 0 spiro atoms. The van der Waals surface area contributed by atoms with Crippen molar-refractivity contribution in [2.45, 2.75) is 8.68 Å². The Morgan fingerprint density at radius 2 is 2.00 bits per heavy atom. The van der Waals surface area contributed by atoms with Gasteiger partial charge in [-0.05, 0) is 30.5 Å². The molecule has 1 aromatic carbocycles. The molecule has 0 radical (unpaired) electrons. The summed E-state index contributed by atoms with van der Waals surface area (Å²) < 4.78 is 7.53. The maximum atomic E-state index is 8.68. The Balaban J connectivity index is 1.72. The Hall–Kier alpha value is -1.23. The molecule has 1 aromatic heterocycles. The minimum Gasteiger partial charge on any atom is -0.493 e.